The van der Waals surface area contributed by atoms with Crippen molar-refractivity contribution in [2.45, 2.75) is 25.8 Å². The fraction of sp³-hybridized carbons (Fsp3) is 0.500. The molecule has 0 spiro atoms. The van der Waals surface area contributed by atoms with Crippen molar-refractivity contribution in [3.8, 4) is 0 Å². The first-order chi connectivity index (χ1) is 8.81. The Labute approximate surface area is 116 Å². The Morgan fingerprint density at radius 2 is 2.17 bits per heavy atom. The molecule has 2 nitrogen and oxygen atoms in total. The molecule has 0 saturated heterocycles. The highest BCUT2D eigenvalue weighted by Crippen LogP contribution is 2.48. The number of aromatic nitrogens is 1. The maximum atomic E-state index is 5.84. The highest BCUT2D eigenvalue weighted by atomic mass is 35.5. The zero-order chi connectivity index (χ0) is 12.4. The Morgan fingerprint density at radius 1 is 1.33 bits per heavy atom. The number of para-hydroxylation sites is 1. The molecule has 3 rings (SSSR count). The maximum Gasteiger partial charge on any atom is 0.108 e. The monoisotopic (exact) mass is 280 g/mol. The van der Waals surface area contributed by atoms with Crippen molar-refractivity contribution in [2.24, 2.45) is 5.41 Å². The van der Waals surface area contributed by atoms with Crippen LogP contribution in [0.1, 0.15) is 24.3 Å². The number of nitrogens with zero attached hydrogens (tertiary/aromatic N) is 1. The van der Waals surface area contributed by atoms with E-state index in [1.54, 1.807) is 11.3 Å². The number of halogens is 1. The number of rotatable bonds is 6. The molecule has 4 heteroatoms. The van der Waals surface area contributed by atoms with Crippen molar-refractivity contribution in [2.75, 3.05) is 12.4 Å². The minimum atomic E-state index is 0.498. The Kier molecular flexibility index (Phi) is 3.55. The first-order valence-electron chi connectivity index (χ1n) is 6.42. The van der Waals surface area contributed by atoms with E-state index in [1.165, 1.54) is 22.5 Å². The van der Waals surface area contributed by atoms with Crippen molar-refractivity contribution >= 4 is 33.2 Å². The summed E-state index contributed by atoms with van der Waals surface area (Å²) in [6.07, 6.45) is 3.79. The van der Waals surface area contributed by atoms with Gasteiger partial charge in [0.2, 0.25) is 0 Å². The molecule has 0 bridgehead atoms. The molecule has 0 aliphatic heterocycles. The number of nitrogens with one attached hydrogen (secondary N) is 1. The Morgan fingerprint density at radius 3 is 2.89 bits per heavy atom. The van der Waals surface area contributed by atoms with E-state index in [0.717, 1.165) is 30.9 Å². The van der Waals surface area contributed by atoms with Crippen LogP contribution in [0, 0.1) is 5.41 Å². The van der Waals surface area contributed by atoms with E-state index >= 15 is 0 Å². The summed E-state index contributed by atoms with van der Waals surface area (Å²) in [5.41, 5.74) is 1.61. The number of thiazole rings is 1. The van der Waals surface area contributed by atoms with Crippen LogP contribution < -0.4 is 5.32 Å². The highest BCUT2D eigenvalue weighted by molar-refractivity contribution is 7.18. The van der Waals surface area contributed by atoms with E-state index in [4.69, 9.17) is 11.6 Å². The molecule has 1 saturated carbocycles. The van der Waals surface area contributed by atoms with Crippen LogP contribution in [0.15, 0.2) is 24.3 Å². The van der Waals surface area contributed by atoms with E-state index in [-0.39, 0.29) is 0 Å². The number of hydrogen-bond acceptors (Lipinski definition) is 3. The van der Waals surface area contributed by atoms with Gasteiger partial charge in [-0.1, -0.05) is 12.1 Å². The zero-order valence-electron chi connectivity index (χ0n) is 10.3. The molecule has 0 unspecified atom stereocenters. The van der Waals surface area contributed by atoms with Gasteiger partial charge in [0.05, 0.1) is 10.2 Å². The van der Waals surface area contributed by atoms with E-state index in [2.05, 4.69) is 28.5 Å². The lowest BCUT2D eigenvalue weighted by molar-refractivity contribution is 0.445. The second-order valence-electron chi connectivity index (χ2n) is 5.12. The van der Waals surface area contributed by atoms with E-state index in [9.17, 15) is 0 Å². The standard InChI is InChI=1S/C14H17ClN2S/c15-8-7-14(5-6-14)10-16-9-13-17-11-3-1-2-4-12(11)18-13/h1-4,16H,5-10H2. The molecule has 1 N–H and O–H groups in total. The number of fused-ring (bicyclic) bond motifs is 1. The second-order valence-corrected chi connectivity index (χ2v) is 6.61. The molecule has 0 amide bonds. The Balaban J connectivity index is 1.57. The molecule has 1 heterocycles. The quantitative estimate of drug-likeness (QED) is 0.814. The van der Waals surface area contributed by atoms with Gasteiger partial charge in [-0.25, -0.2) is 4.98 Å². The first-order valence-corrected chi connectivity index (χ1v) is 7.78. The first kappa shape index (κ1) is 12.4. The molecular weight excluding hydrogens is 264 g/mol. The predicted molar refractivity (Wildman–Crippen MR) is 78.3 cm³/mol. The van der Waals surface area contributed by atoms with Gasteiger partial charge in [-0.2, -0.15) is 0 Å². The van der Waals surface area contributed by atoms with Gasteiger partial charge in [-0.05, 0) is 36.8 Å². The summed E-state index contributed by atoms with van der Waals surface area (Å²) in [7, 11) is 0. The fourth-order valence-electron chi connectivity index (χ4n) is 2.32. The van der Waals surface area contributed by atoms with E-state index in [1.807, 2.05) is 6.07 Å². The van der Waals surface area contributed by atoms with Crippen LogP contribution in [0.3, 0.4) is 0 Å². The van der Waals surface area contributed by atoms with Crippen LogP contribution in [-0.2, 0) is 6.54 Å². The van der Waals surface area contributed by atoms with E-state index < -0.39 is 0 Å². The topological polar surface area (TPSA) is 24.9 Å². The third-order valence-corrected chi connectivity index (χ3v) is 4.92. The lowest BCUT2D eigenvalue weighted by atomic mass is 10.0. The molecule has 1 aliphatic carbocycles. The number of benzene rings is 1. The predicted octanol–water partition coefficient (Wildman–Crippen LogP) is 3.80. The van der Waals surface area contributed by atoms with Crippen LogP contribution in [-0.4, -0.2) is 17.4 Å². The smallest absolute Gasteiger partial charge is 0.108 e. The number of hydrogen-bond donors (Lipinski definition) is 1. The molecule has 18 heavy (non-hydrogen) atoms. The normalized spacial score (nSPS) is 17.2. The summed E-state index contributed by atoms with van der Waals surface area (Å²) in [5, 5.41) is 4.72. The van der Waals surface area contributed by atoms with Gasteiger partial charge in [-0.3, -0.25) is 0 Å². The minimum absolute atomic E-state index is 0.498. The minimum Gasteiger partial charge on any atom is -0.310 e. The lowest BCUT2D eigenvalue weighted by Crippen LogP contribution is -2.23. The largest absolute Gasteiger partial charge is 0.310 e. The van der Waals surface area contributed by atoms with Gasteiger partial charge in [0.25, 0.3) is 0 Å². The second kappa shape index (κ2) is 5.16. The third kappa shape index (κ3) is 2.68. The summed E-state index contributed by atoms with van der Waals surface area (Å²) in [6, 6.07) is 8.31. The molecule has 1 aliphatic rings. The summed E-state index contributed by atoms with van der Waals surface area (Å²) >= 11 is 7.62. The van der Waals surface area contributed by atoms with Crippen molar-refractivity contribution in [1.29, 1.82) is 0 Å². The van der Waals surface area contributed by atoms with Gasteiger partial charge in [0.15, 0.2) is 0 Å². The van der Waals surface area contributed by atoms with Gasteiger partial charge in [0.1, 0.15) is 5.01 Å². The van der Waals surface area contributed by atoms with Gasteiger partial charge in [-0.15, -0.1) is 22.9 Å². The molecule has 1 aromatic carbocycles. The maximum absolute atomic E-state index is 5.84. The van der Waals surface area contributed by atoms with Crippen LogP contribution in [0.25, 0.3) is 10.2 Å². The highest BCUT2D eigenvalue weighted by Gasteiger charge is 2.41. The van der Waals surface area contributed by atoms with Crippen molar-refractivity contribution < 1.29 is 0 Å². The average molecular weight is 281 g/mol. The molecule has 1 aromatic heterocycles. The molecule has 1 fully saturated rings. The van der Waals surface area contributed by atoms with Crippen LogP contribution in [0.5, 0.6) is 0 Å². The SMILES string of the molecule is ClCCC1(CNCc2nc3ccccc3s2)CC1. The molecule has 0 atom stereocenters. The van der Waals surface area contributed by atoms with Crippen molar-refractivity contribution in [3.63, 3.8) is 0 Å². The van der Waals surface area contributed by atoms with Crippen LogP contribution in [0.2, 0.25) is 0 Å². The van der Waals surface area contributed by atoms with Crippen LogP contribution in [0.4, 0.5) is 0 Å². The fourth-order valence-corrected chi connectivity index (χ4v) is 3.66. The van der Waals surface area contributed by atoms with E-state index in [0.29, 0.717) is 5.41 Å². The summed E-state index contributed by atoms with van der Waals surface area (Å²) < 4.78 is 1.27. The Bertz CT molecular complexity index is 500. The van der Waals surface area contributed by atoms with Gasteiger partial charge in [0, 0.05) is 19.0 Å². The summed E-state index contributed by atoms with van der Waals surface area (Å²) in [5.74, 6) is 0.781. The summed E-state index contributed by atoms with van der Waals surface area (Å²) in [4.78, 5) is 4.63. The summed E-state index contributed by atoms with van der Waals surface area (Å²) in [6.45, 7) is 1.96. The van der Waals surface area contributed by atoms with Gasteiger partial charge >= 0.3 is 0 Å². The third-order valence-electron chi connectivity index (χ3n) is 3.70. The lowest BCUT2D eigenvalue weighted by Gasteiger charge is -2.13. The Hall–Kier alpha value is -0.640. The average Bonchev–Trinajstić information content (AvgIpc) is 3.01. The van der Waals surface area contributed by atoms with Crippen molar-refractivity contribution in [1.82, 2.24) is 10.3 Å². The van der Waals surface area contributed by atoms with Crippen molar-refractivity contribution in [3.05, 3.63) is 29.3 Å². The van der Waals surface area contributed by atoms with Crippen LogP contribution >= 0.6 is 22.9 Å². The molecule has 0 radical (unpaired) electrons. The zero-order valence-corrected chi connectivity index (χ0v) is 11.9. The van der Waals surface area contributed by atoms with Gasteiger partial charge < -0.3 is 5.32 Å². The molecular formula is C14H17ClN2S. The number of alkyl halides is 1. The molecule has 96 valence electrons. The molecule has 2 aromatic rings.